The maximum absolute atomic E-state index is 13.7. The molecule has 0 spiro atoms. The summed E-state index contributed by atoms with van der Waals surface area (Å²) in [6.45, 7) is 6.13. The molecule has 1 aromatic heterocycles. The molecule has 29 heavy (non-hydrogen) atoms. The highest BCUT2D eigenvalue weighted by atomic mass is 32.2. The van der Waals surface area contributed by atoms with E-state index in [9.17, 15) is 13.2 Å². The number of ether oxygens (including phenoxy) is 1. The highest BCUT2D eigenvalue weighted by Gasteiger charge is 2.40. The van der Waals surface area contributed by atoms with Gasteiger partial charge in [-0.25, -0.2) is 4.68 Å². The van der Waals surface area contributed by atoms with Crippen LogP contribution in [-0.4, -0.2) is 32.4 Å². The minimum atomic E-state index is -4.53. The van der Waals surface area contributed by atoms with Gasteiger partial charge in [-0.05, 0) is 39.5 Å². The Kier molecular flexibility index (Phi) is 6.65. The number of halogens is 3. The van der Waals surface area contributed by atoms with E-state index in [0.717, 1.165) is 30.7 Å². The molecule has 9 heteroatoms. The lowest BCUT2D eigenvalue weighted by molar-refractivity contribution is -0.141. The third-order valence-electron chi connectivity index (χ3n) is 5.40. The summed E-state index contributed by atoms with van der Waals surface area (Å²) in [6, 6.07) is 0. The van der Waals surface area contributed by atoms with Gasteiger partial charge in [0.15, 0.2) is 5.69 Å². The van der Waals surface area contributed by atoms with Crippen LogP contribution in [0.4, 0.5) is 13.2 Å². The quantitative estimate of drug-likeness (QED) is 0.576. The highest BCUT2D eigenvalue weighted by Crippen LogP contribution is 2.41. The molecule has 164 valence electrons. The Labute approximate surface area is 172 Å². The summed E-state index contributed by atoms with van der Waals surface area (Å²) in [6.07, 6.45) is 1.73. The van der Waals surface area contributed by atoms with Crippen molar-refractivity contribution in [2.45, 2.75) is 76.8 Å². The number of rotatable bonds is 5. The molecule has 1 fully saturated rings. The van der Waals surface area contributed by atoms with Crippen LogP contribution in [0.1, 0.15) is 70.6 Å². The molecule has 0 bridgehead atoms. The van der Waals surface area contributed by atoms with Crippen LogP contribution in [0.15, 0.2) is 5.16 Å². The molecule has 0 N–H and O–H groups in total. The van der Waals surface area contributed by atoms with Crippen LogP contribution in [0.5, 0.6) is 5.88 Å². The van der Waals surface area contributed by atoms with Gasteiger partial charge in [0.2, 0.25) is 5.88 Å². The Bertz CT molecular complexity index is 794. The van der Waals surface area contributed by atoms with Crippen LogP contribution in [0.3, 0.4) is 0 Å². The lowest BCUT2D eigenvalue weighted by atomic mass is 9.90. The van der Waals surface area contributed by atoms with Crippen molar-refractivity contribution in [3.05, 3.63) is 11.3 Å². The first kappa shape index (κ1) is 22.2. The average molecular weight is 434 g/mol. The van der Waals surface area contributed by atoms with Crippen molar-refractivity contribution in [1.29, 1.82) is 0 Å². The van der Waals surface area contributed by atoms with E-state index in [0.29, 0.717) is 18.9 Å². The van der Waals surface area contributed by atoms with Crippen molar-refractivity contribution in [3.8, 4) is 5.88 Å². The molecule has 1 unspecified atom stereocenters. The standard InChI is InChI=1S/C20H30F3N3O2S/c1-5-29(16-11-19(2,3)28-25-16)13-15-17(20(21,22)23)24-26(4)18(15)27-12-14-9-7-6-8-10-14/h5,14H,6-13H2,1-4H3. The molecule has 5 nitrogen and oxygen atoms in total. The molecule has 0 radical (unpaired) electrons. The molecule has 1 aromatic rings. The molecule has 0 amide bonds. The number of oxime groups is 1. The number of aromatic nitrogens is 2. The summed E-state index contributed by atoms with van der Waals surface area (Å²) < 4.78 is 48.3. The Balaban J connectivity index is 1.86. The minimum Gasteiger partial charge on any atom is -0.477 e. The number of hydrogen-bond donors (Lipinski definition) is 0. The van der Waals surface area contributed by atoms with E-state index in [2.05, 4.69) is 10.3 Å². The van der Waals surface area contributed by atoms with Gasteiger partial charge in [0, 0.05) is 19.2 Å². The second-order valence-electron chi connectivity index (χ2n) is 8.39. The van der Waals surface area contributed by atoms with E-state index in [1.54, 1.807) is 0 Å². The molecular weight excluding hydrogens is 403 g/mol. The number of aryl methyl sites for hydroxylation is 1. The fourth-order valence-electron chi connectivity index (χ4n) is 3.84. The van der Waals surface area contributed by atoms with Crippen LogP contribution in [0, 0.1) is 5.92 Å². The molecule has 3 rings (SSSR count). The highest BCUT2D eigenvalue weighted by molar-refractivity contribution is 8.27. The number of hydrogen-bond acceptors (Lipinski definition) is 4. The zero-order valence-electron chi connectivity index (χ0n) is 17.5. The topological polar surface area (TPSA) is 48.6 Å². The van der Waals surface area contributed by atoms with Gasteiger partial charge in [0.05, 0.1) is 12.2 Å². The molecular formula is C20H30F3N3O2S. The fourth-order valence-corrected chi connectivity index (χ4v) is 5.69. The Morgan fingerprint density at radius 1 is 1.28 bits per heavy atom. The Morgan fingerprint density at radius 2 is 1.97 bits per heavy atom. The molecule has 1 aliphatic heterocycles. The predicted molar refractivity (Wildman–Crippen MR) is 111 cm³/mol. The molecule has 1 aliphatic carbocycles. The molecule has 0 saturated heterocycles. The summed E-state index contributed by atoms with van der Waals surface area (Å²) in [5.74, 6) is 0.781. The van der Waals surface area contributed by atoms with E-state index in [1.165, 1.54) is 18.2 Å². The molecule has 0 aromatic carbocycles. The van der Waals surface area contributed by atoms with Crippen LogP contribution in [-0.2, 0) is 23.8 Å². The molecule has 2 aliphatic rings. The van der Waals surface area contributed by atoms with Gasteiger partial charge in [-0.1, -0.05) is 29.8 Å². The SMILES string of the molecule is C/C=S(\Cc1c(C(F)(F)F)nn(C)c1OCC1CCCCC1)C1=NOC(C)(C)C1. The summed E-state index contributed by atoms with van der Waals surface area (Å²) in [5, 5.41) is 10.6. The summed E-state index contributed by atoms with van der Waals surface area (Å²) in [5.41, 5.74) is -1.17. The van der Waals surface area contributed by atoms with Gasteiger partial charge < -0.3 is 9.57 Å². The lowest BCUT2D eigenvalue weighted by Crippen LogP contribution is -2.19. The van der Waals surface area contributed by atoms with Crippen molar-refractivity contribution in [2.24, 2.45) is 18.1 Å². The van der Waals surface area contributed by atoms with Gasteiger partial charge in [-0.15, -0.1) is 10.5 Å². The zero-order chi connectivity index (χ0) is 21.2. The van der Waals surface area contributed by atoms with Crippen molar-refractivity contribution in [2.75, 3.05) is 6.61 Å². The summed E-state index contributed by atoms with van der Waals surface area (Å²) in [4.78, 5) is 5.43. The monoisotopic (exact) mass is 433 g/mol. The lowest BCUT2D eigenvalue weighted by Gasteiger charge is -2.22. The first-order chi connectivity index (χ1) is 13.6. The van der Waals surface area contributed by atoms with Gasteiger partial charge in [-0.2, -0.15) is 18.3 Å². The first-order valence-corrected chi connectivity index (χ1v) is 11.6. The predicted octanol–water partition coefficient (Wildman–Crippen LogP) is 5.50. The van der Waals surface area contributed by atoms with Gasteiger partial charge in [0.1, 0.15) is 10.6 Å². The molecule has 2 heterocycles. The van der Waals surface area contributed by atoms with Crippen LogP contribution < -0.4 is 4.74 Å². The summed E-state index contributed by atoms with van der Waals surface area (Å²) >= 11 is 0. The van der Waals surface area contributed by atoms with E-state index in [4.69, 9.17) is 9.57 Å². The van der Waals surface area contributed by atoms with Gasteiger partial charge in [0.25, 0.3) is 0 Å². The second kappa shape index (κ2) is 8.70. The normalized spacial score (nSPS) is 21.1. The van der Waals surface area contributed by atoms with Crippen molar-refractivity contribution < 1.29 is 22.7 Å². The van der Waals surface area contributed by atoms with Gasteiger partial charge in [-0.3, -0.25) is 0 Å². The smallest absolute Gasteiger partial charge is 0.435 e. The summed E-state index contributed by atoms with van der Waals surface area (Å²) in [7, 11) is 0.928. The third-order valence-corrected chi connectivity index (χ3v) is 7.39. The van der Waals surface area contributed by atoms with E-state index < -0.39 is 28.0 Å². The Hall–Kier alpha value is -1.51. The van der Waals surface area contributed by atoms with Crippen LogP contribution >= 0.6 is 10.5 Å². The first-order valence-electron chi connectivity index (χ1n) is 10.1. The average Bonchev–Trinajstić information content (AvgIpc) is 3.17. The van der Waals surface area contributed by atoms with E-state index >= 15 is 0 Å². The van der Waals surface area contributed by atoms with Gasteiger partial charge >= 0.3 is 6.18 Å². The largest absolute Gasteiger partial charge is 0.477 e. The van der Waals surface area contributed by atoms with Crippen molar-refractivity contribution in [1.82, 2.24) is 9.78 Å². The fraction of sp³-hybridized carbons (Fsp3) is 0.750. The zero-order valence-corrected chi connectivity index (χ0v) is 18.3. The second-order valence-corrected chi connectivity index (χ2v) is 10.5. The molecule has 1 atom stereocenters. The van der Waals surface area contributed by atoms with Crippen LogP contribution in [0.25, 0.3) is 0 Å². The molecule has 1 saturated carbocycles. The maximum atomic E-state index is 13.7. The minimum absolute atomic E-state index is 0.115. The Morgan fingerprint density at radius 3 is 2.52 bits per heavy atom. The van der Waals surface area contributed by atoms with E-state index in [-0.39, 0.29) is 17.2 Å². The van der Waals surface area contributed by atoms with Crippen LogP contribution in [0.2, 0.25) is 0 Å². The maximum Gasteiger partial charge on any atom is 0.435 e. The number of nitrogens with zero attached hydrogens (tertiary/aromatic N) is 3. The van der Waals surface area contributed by atoms with E-state index in [1.807, 2.05) is 26.1 Å². The third kappa shape index (κ3) is 5.35. The number of alkyl halides is 3. The van der Waals surface area contributed by atoms with Crippen molar-refractivity contribution >= 4 is 20.9 Å². The van der Waals surface area contributed by atoms with Crippen molar-refractivity contribution in [3.63, 3.8) is 0 Å².